The van der Waals surface area contributed by atoms with Crippen LogP contribution in [-0.4, -0.2) is 88.7 Å². The Morgan fingerprint density at radius 2 is 1.80 bits per heavy atom. The average Bonchev–Trinajstić information content (AvgIpc) is 3.16. The molecule has 3 aliphatic heterocycles. The van der Waals surface area contributed by atoms with Crippen LogP contribution in [0.5, 0.6) is 11.5 Å². The summed E-state index contributed by atoms with van der Waals surface area (Å²) in [5.74, 6) is 0.991. The zero-order valence-electron chi connectivity index (χ0n) is 17.0. The van der Waals surface area contributed by atoms with Crippen molar-refractivity contribution in [3.63, 3.8) is 0 Å². The van der Waals surface area contributed by atoms with Crippen molar-refractivity contribution in [2.24, 2.45) is 0 Å². The fourth-order valence-corrected chi connectivity index (χ4v) is 5.31. The van der Waals surface area contributed by atoms with Crippen molar-refractivity contribution in [3.8, 4) is 11.5 Å². The number of ether oxygens (including phenoxy) is 3. The molecule has 2 saturated heterocycles. The van der Waals surface area contributed by atoms with Crippen LogP contribution in [0.1, 0.15) is 19.3 Å². The normalized spacial score (nSPS) is 23.1. The molecule has 166 valence electrons. The van der Waals surface area contributed by atoms with Gasteiger partial charge in [-0.3, -0.25) is 9.69 Å². The number of carbonyl (C=O) groups excluding carboxylic acids is 1. The molecule has 2 fully saturated rings. The van der Waals surface area contributed by atoms with E-state index < -0.39 is 10.0 Å². The van der Waals surface area contributed by atoms with Crippen LogP contribution in [0.15, 0.2) is 23.1 Å². The minimum absolute atomic E-state index is 0.0512. The van der Waals surface area contributed by atoms with Gasteiger partial charge in [0.15, 0.2) is 11.5 Å². The van der Waals surface area contributed by atoms with Crippen LogP contribution in [0.4, 0.5) is 0 Å². The number of nitrogens with zero attached hydrogens (tertiary/aromatic N) is 2. The minimum Gasteiger partial charge on any atom is -0.490 e. The highest BCUT2D eigenvalue weighted by atomic mass is 32.2. The van der Waals surface area contributed by atoms with E-state index in [-0.39, 0.29) is 23.5 Å². The summed E-state index contributed by atoms with van der Waals surface area (Å²) in [6.45, 7) is 4.34. The fourth-order valence-electron chi connectivity index (χ4n) is 3.87. The fraction of sp³-hybridized carbons (Fsp3) is 0.650. The summed E-state index contributed by atoms with van der Waals surface area (Å²) in [5, 5.41) is 2.91. The van der Waals surface area contributed by atoms with E-state index in [4.69, 9.17) is 14.2 Å². The quantitative estimate of drug-likeness (QED) is 0.687. The zero-order chi connectivity index (χ0) is 21.0. The average molecular weight is 440 g/mol. The van der Waals surface area contributed by atoms with Crippen molar-refractivity contribution >= 4 is 15.9 Å². The van der Waals surface area contributed by atoms with Crippen LogP contribution in [0.25, 0.3) is 0 Å². The van der Waals surface area contributed by atoms with Crippen molar-refractivity contribution in [2.45, 2.75) is 30.3 Å². The molecule has 1 amide bonds. The number of hydrogen-bond acceptors (Lipinski definition) is 7. The summed E-state index contributed by atoms with van der Waals surface area (Å²) >= 11 is 0. The monoisotopic (exact) mass is 439 g/mol. The third-order valence-electron chi connectivity index (χ3n) is 5.61. The van der Waals surface area contributed by atoms with Gasteiger partial charge in [-0.25, -0.2) is 8.42 Å². The zero-order valence-corrected chi connectivity index (χ0v) is 17.9. The molecule has 1 N–H and O–H groups in total. The Morgan fingerprint density at radius 3 is 2.53 bits per heavy atom. The van der Waals surface area contributed by atoms with Crippen LogP contribution < -0.4 is 14.8 Å². The Morgan fingerprint density at radius 1 is 1.03 bits per heavy atom. The third kappa shape index (κ3) is 5.05. The molecule has 3 heterocycles. The first-order valence-electron chi connectivity index (χ1n) is 10.5. The molecular weight excluding hydrogens is 410 g/mol. The molecule has 0 saturated carbocycles. The highest BCUT2D eigenvalue weighted by Crippen LogP contribution is 2.33. The standard InChI is InChI=1S/C20H29N3O6S/c24-20(21-14-16-3-1-10-27-16)15-22-6-8-23(9-7-22)30(25,26)17-4-5-18-19(13-17)29-12-2-11-28-18/h4-5,13,16H,1-3,6-12,14-15H2,(H,21,24)/t16-/m1/s1. The molecule has 0 aliphatic carbocycles. The summed E-state index contributed by atoms with van der Waals surface area (Å²) in [4.78, 5) is 14.3. The smallest absolute Gasteiger partial charge is 0.243 e. The largest absolute Gasteiger partial charge is 0.490 e. The van der Waals surface area contributed by atoms with Crippen molar-refractivity contribution in [2.75, 3.05) is 59.1 Å². The highest BCUT2D eigenvalue weighted by molar-refractivity contribution is 7.89. The van der Waals surface area contributed by atoms with Gasteiger partial charge >= 0.3 is 0 Å². The lowest BCUT2D eigenvalue weighted by atomic mass is 10.2. The minimum atomic E-state index is -3.63. The van der Waals surface area contributed by atoms with E-state index in [9.17, 15) is 13.2 Å². The molecule has 9 nitrogen and oxygen atoms in total. The number of benzene rings is 1. The van der Waals surface area contributed by atoms with Crippen LogP contribution in [0.2, 0.25) is 0 Å². The van der Waals surface area contributed by atoms with Crippen molar-refractivity contribution in [3.05, 3.63) is 18.2 Å². The summed E-state index contributed by atoms with van der Waals surface area (Å²) < 4.78 is 44.3. The lowest BCUT2D eigenvalue weighted by Gasteiger charge is -2.33. The number of carbonyl (C=O) groups is 1. The van der Waals surface area contributed by atoms with E-state index in [1.807, 2.05) is 4.90 Å². The first kappa shape index (κ1) is 21.4. The second-order valence-corrected chi connectivity index (χ2v) is 9.72. The van der Waals surface area contributed by atoms with Gasteiger partial charge in [-0.1, -0.05) is 0 Å². The Bertz CT molecular complexity index is 848. The molecule has 1 aromatic carbocycles. The predicted molar refractivity (Wildman–Crippen MR) is 109 cm³/mol. The second kappa shape index (κ2) is 9.51. The first-order valence-corrected chi connectivity index (χ1v) is 12.0. The third-order valence-corrected chi connectivity index (χ3v) is 7.50. The Labute approximate surface area is 177 Å². The summed E-state index contributed by atoms with van der Waals surface area (Å²) in [5.41, 5.74) is 0. The number of hydrogen-bond donors (Lipinski definition) is 1. The lowest BCUT2D eigenvalue weighted by molar-refractivity contribution is -0.123. The van der Waals surface area contributed by atoms with Crippen LogP contribution in [-0.2, 0) is 19.6 Å². The number of sulfonamides is 1. The van der Waals surface area contributed by atoms with Gasteiger partial charge in [0.25, 0.3) is 0 Å². The van der Waals surface area contributed by atoms with E-state index in [0.29, 0.717) is 57.4 Å². The number of nitrogens with one attached hydrogen (secondary N) is 1. The summed E-state index contributed by atoms with van der Waals surface area (Å²) in [6, 6.07) is 4.76. The van der Waals surface area contributed by atoms with Gasteiger partial charge in [-0.2, -0.15) is 4.31 Å². The lowest BCUT2D eigenvalue weighted by Crippen LogP contribution is -2.51. The van der Waals surface area contributed by atoms with E-state index in [1.54, 1.807) is 18.2 Å². The van der Waals surface area contributed by atoms with Crippen molar-refractivity contribution in [1.82, 2.24) is 14.5 Å². The summed E-state index contributed by atoms with van der Waals surface area (Å²) in [6.07, 6.45) is 2.91. The molecule has 0 unspecified atom stereocenters. The van der Waals surface area contributed by atoms with Crippen LogP contribution in [0.3, 0.4) is 0 Å². The molecule has 0 aromatic heterocycles. The molecule has 0 radical (unpaired) electrons. The van der Waals surface area contributed by atoms with Gasteiger partial charge in [0.1, 0.15) is 0 Å². The molecule has 1 atom stereocenters. The Hall–Kier alpha value is -1.88. The molecule has 10 heteroatoms. The number of rotatable bonds is 6. The van der Waals surface area contributed by atoms with E-state index >= 15 is 0 Å². The van der Waals surface area contributed by atoms with E-state index in [1.165, 1.54) is 4.31 Å². The Balaban J connectivity index is 1.29. The van der Waals surface area contributed by atoms with Gasteiger partial charge < -0.3 is 19.5 Å². The van der Waals surface area contributed by atoms with Crippen LogP contribution in [0, 0.1) is 0 Å². The number of piperazine rings is 1. The maximum Gasteiger partial charge on any atom is 0.243 e. The molecule has 4 rings (SSSR count). The van der Waals surface area contributed by atoms with E-state index in [0.717, 1.165) is 25.9 Å². The topological polar surface area (TPSA) is 97.4 Å². The van der Waals surface area contributed by atoms with Gasteiger partial charge in [0, 0.05) is 51.8 Å². The van der Waals surface area contributed by atoms with Crippen LogP contribution >= 0.6 is 0 Å². The maximum atomic E-state index is 13.1. The van der Waals surface area contributed by atoms with Gasteiger partial charge in [0.05, 0.1) is 30.8 Å². The van der Waals surface area contributed by atoms with Gasteiger partial charge in [-0.15, -0.1) is 0 Å². The molecule has 30 heavy (non-hydrogen) atoms. The van der Waals surface area contributed by atoms with Gasteiger partial charge in [-0.05, 0) is 25.0 Å². The predicted octanol–water partition coefficient (Wildman–Crippen LogP) is 0.449. The Kier molecular flexibility index (Phi) is 6.77. The molecular formula is C20H29N3O6S. The molecule has 0 spiro atoms. The highest BCUT2D eigenvalue weighted by Gasteiger charge is 2.30. The SMILES string of the molecule is O=C(CN1CCN(S(=O)(=O)c2ccc3c(c2)OCCCO3)CC1)NC[C@H]1CCCO1. The number of fused-ring (bicyclic) bond motifs is 1. The summed E-state index contributed by atoms with van der Waals surface area (Å²) in [7, 11) is -3.63. The first-order chi connectivity index (χ1) is 14.5. The van der Waals surface area contributed by atoms with Crippen molar-refractivity contribution in [1.29, 1.82) is 0 Å². The van der Waals surface area contributed by atoms with Crippen molar-refractivity contribution < 1.29 is 27.4 Å². The van der Waals surface area contributed by atoms with E-state index in [2.05, 4.69) is 5.32 Å². The maximum absolute atomic E-state index is 13.1. The molecule has 1 aromatic rings. The number of amides is 1. The molecule has 0 bridgehead atoms. The molecule has 3 aliphatic rings. The second-order valence-electron chi connectivity index (χ2n) is 7.78. The van der Waals surface area contributed by atoms with Gasteiger partial charge in [0.2, 0.25) is 15.9 Å².